The SMILES string of the molecule is COc1ccc(CNCc2ccc(-n3nc(C)cc3C)nc2)cc1F. The lowest BCUT2D eigenvalue weighted by molar-refractivity contribution is 0.386. The summed E-state index contributed by atoms with van der Waals surface area (Å²) in [4.78, 5) is 4.47. The van der Waals surface area contributed by atoms with Crippen molar-refractivity contribution in [1.82, 2.24) is 20.1 Å². The molecule has 2 aromatic heterocycles. The van der Waals surface area contributed by atoms with Gasteiger partial charge in [0.15, 0.2) is 17.4 Å². The van der Waals surface area contributed by atoms with Crippen LogP contribution in [0.4, 0.5) is 4.39 Å². The van der Waals surface area contributed by atoms with Gasteiger partial charge in [-0.05, 0) is 49.2 Å². The third kappa shape index (κ3) is 4.03. The molecule has 0 fully saturated rings. The number of pyridine rings is 1. The maximum absolute atomic E-state index is 13.7. The predicted octanol–water partition coefficient (Wildman–Crippen LogP) is 3.32. The molecule has 5 nitrogen and oxygen atoms in total. The van der Waals surface area contributed by atoms with E-state index >= 15 is 0 Å². The van der Waals surface area contributed by atoms with E-state index in [0.29, 0.717) is 13.1 Å². The van der Waals surface area contributed by atoms with Gasteiger partial charge >= 0.3 is 0 Å². The van der Waals surface area contributed by atoms with Crippen molar-refractivity contribution in [2.24, 2.45) is 0 Å². The van der Waals surface area contributed by atoms with Crippen molar-refractivity contribution < 1.29 is 9.13 Å². The molecule has 0 atom stereocenters. The number of methoxy groups -OCH3 is 1. The monoisotopic (exact) mass is 340 g/mol. The highest BCUT2D eigenvalue weighted by molar-refractivity contribution is 5.30. The summed E-state index contributed by atoms with van der Waals surface area (Å²) < 4.78 is 20.4. The van der Waals surface area contributed by atoms with Crippen molar-refractivity contribution in [3.8, 4) is 11.6 Å². The van der Waals surface area contributed by atoms with E-state index in [1.165, 1.54) is 13.2 Å². The lowest BCUT2D eigenvalue weighted by Crippen LogP contribution is -2.13. The number of hydrogen-bond donors (Lipinski definition) is 1. The lowest BCUT2D eigenvalue weighted by atomic mass is 10.2. The molecule has 0 saturated heterocycles. The van der Waals surface area contributed by atoms with Crippen LogP contribution in [0.15, 0.2) is 42.6 Å². The number of rotatable bonds is 6. The summed E-state index contributed by atoms with van der Waals surface area (Å²) in [6, 6.07) is 10.9. The van der Waals surface area contributed by atoms with Gasteiger partial charge in [0.2, 0.25) is 0 Å². The molecule has 0 saturated carbocycles. The van der Waals surface area contributed by atoms with Gasteiger partial charge in [-0.3, -0.25) is 0 Å². The first-order valence-corrected chi connectivity index (χ1v) is 8.08. The van der Waals surface area contributed by atoms with Crippen molar-refractivity contribution >= 4 is 0 Å². The lowest BCUT2D eigenvalue weighted by Gasteiger charge is -2.08. The largest absolute Gasteiger partial charge is 0.494 e. The van der Waals surface area contributed by atoms with E-state index in [1.54, 1.807) is 6.07 Å². The molecule has 3 aromatic rings. The molecule has 0 amide bonds. The van der Waals surface area contributed by atoms with Crippen molar-refractivity contribution in [2.75, 3.05) is 7.11 Å². The smallest absolute Gasteiger partial charge is 0.165 e. The summed E-state index contributed by atoms with van der Waals surface area (Å²) in [5, 5.41) is 7.71. The van der Waals surface area contributed by atoms with Gasteiger partial charge in [0, 0.05) is 25.0 Å². The molecule has 0 aliphatic heterocycles. The van der Waals surface area contributed by atoms with Crippen LogP contribution in [0, 0.1) is 19.7 Å². The molecule has 0 unspecified atom stereocenters. The molecule has 25 heavy (non-hydrogen) atoms. The third-order valence-electron chi connectivity index (χ3n) is 3.91. The molecule has 3 rings (SSSR count). The van der Waals surface area contributed by atoms with Crippen molar-refractivity contribution in [3.05, 3.63) is 70.9 Å². The number of aryl methyl sites for hydroxylation is 2. The summed E-state index contributed by atoms with van der Waals surface area (Å²) in [5.74, 6) is 0.706. The summed E-state index contributed by atoms with van der Waals surface area (Å²) in [6.45, 7) is 5.19. The van der Waals surface area contributed by atoms with Crippen LogP contribution in [0.2, 0.25) is 0 Å². The predicted molar refractivity (Wildman–Crippen MR) is 94.3 cm³/mol. The van der Waals surface area contributed by atoms with Crippen LogP contribution in [0.5, 0.6) is 5.75 Å². The van der Waals surface area contributed by atoms with Crippen LogP contribution in [0.25, 0.3) is 5.82 Å². The Morgan fingerprint density at radius 2 is 1.84 bits per heavy atom. The summed E-state index contributed by atoms with van der Waals surface area (Å²) >= 11 is 0. The second-order valence-electron chi connectivity index (χ2n) is 5.94. The Balaban J connectivity index is 1.59. The van der Waals surface area contributed by atoms with Crippen LogP contribution in [0.3, 0.4) is 0 Å². The van der Waals surface area contributed by atoms with Gasteiger partial charge in [0.1, 0.15) is 0 Å². The van der Waals surface area contributed by atoms with E-state index in [9.17, 15) is 4.39 Å². The second-order valence-corrected chi connectivity index (χ2v) is 5.94. The minimum atomic E-state index is -0.349. The highest BCUT2D eigenvalue weighted by Gasteiger charge is 2.06. The van der Waals surface area contributed by atoms with E-state index in [1.807, 2.05) is 49.0 Å². The molecule has 0 bridgehead atoms. The van der Waals surface area contributed by atoms with Gasteiger partial charge in [-0.15, -0.1) is 0 Å². The molecule has 0 aliphatic carbocycles. The van der Waals surface area contributed by atoms with Crippen LogP contribution in [-0.2, 0) is 13.1 Å². The van der Waals surface area contributed by atoms with Crippen molar-refractivity contribution in [2.45, 2.75) is 26.9 Å². The van der Waals surface area contributed by atoms with E-state index in [0.717, 1.165) is 28.3 Å². The fourth-order valence-electron chi connectivity index (χ4n) is 2.68. The van der Waals surface area contributed by atoms with Crippen LogP contribution >= 0.6 is 0 Å². The Hall–Kier alpha value is -2.73. The van der Waals surface area contributed by atoms with Gasteiger partial charge < -0.3 is 10.1 Å². The standard InChI is InChI=1S/C19H21FN4O/c1-13-8-14(2)24(23-13)19-7-5-16(12-22-19)11-21-10-15-4-6-18(25-3)17(20)9-15/h4-9,12,21H,10-11H2,1-3H3. The Morgan fingerprint density at radius 3 is 2.44 bits per heavy atom. The minimum Gasteiger partial charge on any atom is -0.494 e. The third-order valence-corrected chi connectivity index (χ3v) is 3.91. The molecule has 130 valence electrons. The number of aromatic nitrogens is 3. The number of halogens is 1. The minimum absolute atomic E-state index is 0.257. The zero-order valence-electron chi connectivity index (χ0n) is 14.6. The van der Waals surface area contributed by atoms with Gasteiger partial charge in [-0.1, -0.05) is 12.1 Å². The molecule has 0 radical (unpaired) electrons. The number of nitrogens with zero attached hydrogens (tertiary/aromatic N) is 3. The van der Waals surface area contributed by atoms with Gasteiger partial charge in [0.05, 0.1) is 12.8 Å². The second kappa shape index (κ2) is 7.44. The molecule has 1 aromatic carbocycles. The van der Waals surface area contributed by atoms with Crippen molar-refractivity contribution in [1.29, 1.82) is 0 Å². The number of nitrogens with one attached hydrogen (secondary N) is 1. The summed E-state index contributed by atoms with van der Waals surface area (Å²) in [5.41, 5.74) is 3.94. The Labute approximate surface area is 146 Å². The maximum Gasteiger partial charge on any atom is 0.165 e. The fourth-order valence-corrected chi connectivity index (χ4v) is 2.68. The highest BCUT2D eigenvalue weighted by Crippen LogP contribution is 2.17. The average molecular weight is 340 g/mol. The van der Waals surface area contributed by atoms with E-state index < -0.39 is 0 Å². The van der Waals surface area contributed by atoms with Crippen LogP contribution in [0.1, 0.15) is 22.5 Å². The normalized spacial score (nSPS) is 10.9. The summed E-state index contributed by atoms with van der Waals surface area (Å²) in [7, 11) is 1.46. The molecule has 6 heteroatoms. The Morgan fingerprint density at radius 1 is 1.08 bits per heavy atom. The van der Waals surface area contributed by atoms with Crippen LogP contribution < -0.4 is 10.1 Å². The zero-order valence-corrected chi connectivity index (χ0v) is 14.6. The number of ether oxygens (including phenoxy) is 1. The zero-order chi connectivity index (χ0) is 17.8. The quantitative estimate of drug-likeness (QED) is 0.748. The fraction of sp³-hybridized carbons (Fsp3) is 0.263. The number of hydrogen-bond acceptors (Lipinski definition) is 4. The van der Waals surface area contributed by atoms with Gasteiger partial charge in [-0.2, -0.15) is 5.10 Å². The molecule has 2 heterocycles. The van der Waals surface area contributed by atoms with Crippen LogP contribution in [-0.4, -0.2) is 21.9 Å². The van der Waals surface area contributed by atoms with E-state index in [2.05, 4.69) is 15.4 Å². The summed E-state index contributed by atoms with van der Waals surface area (Å²) in [6.07, 6.45) is 1.83. The molecular weight excluding hydrogens is 319 g/mol. The highest BCUT2D eigenvalue weighted by atomic mass is 19.1. The molecular formula is C19H21FN4O. The molecule has 0 spiro atoms. The van der Waals surface area contributed by atoms with Gasteiger partial charge in [0.25, 0.3) is 0 Å². The maximum atomic E-state index is 13.7. The molecule has 1 N–H and O–H groups in total. The van der Waals surface area contributed by atoms with E-state index in [-0.39, 0.29) is 11.6 Å². The number of benzene rings is 1. The molecule has 0 aliphatic rings. The van der Waals surface area contributed by atoms with Gasteiger partial charge in [-0.25, -0.2) is 14.1 Å². The Bertz CT molecular complexity index is 858. The Kier molecular flexibility index (Phi) is 5.09. The first-order valence-electron chi connectivity index (χ1n) is 8.08. The topological polar surface area (TPSA) is 52.0 Å². The first-order chi connectivity index (χ1) is 12.1. The first kappa shape index (κ1) is 17.1. The average Bonchev–Trinajstić information content (AvgIpc) is 2.94. The van der Waals surface area contributed by atoms with E-state index in [4.69, 9.17) is 4.74 Å². The van der Waals surface area contributed by atoms with Crippen molar-refractivity contribution in [3.63, 3.8) is 0 Å².